The number of carbonyl (C=O) groups is 1. The second-order valence-corrected chi connectivity index (χ2v) is 9.86. The second-order valence-electron chi connectivity index (χ2n) is 9.42. The van der Waals surface area contributed by atoms with Crippen molar-refractivity contribution in [3.05, 3.63) is 34.9 Å². The molecule has 1 aromatic carbocycles. The van der Waals surface area contributed by atoms with Crippen molar-refractivity contribution in [2.75, 3.05) is 40.0 Å². The number of ether oxygens (including phenoxy) is 2. The van der Waals surface area contributed by atoms with Gasteiger partial charge in [0, 0.05) is 56.9 Å². The number of rotatable bonds is 11. The third kappa shape index (κ3) is 7.30. The number of amides is 2. The highest BCUT2D eigenvalue weighted by atomic mass is 35.5. The van der Waals surface area contributed by atoms with Gasteiger partial charge in [-0.25, -0.2) is 4.79 Å². The fraction of sp³-hybridized carbons (Fsp3) is 0.720. The van der Waals surface area contributed by atoms with Crippen LogP contribution >= 0.6 is 11.6 Å². The molecule has 0 aromatic heterocycles. The predicted molar refractivity (Wildman–Crippen MR) is 130 cm³/mol. The maximum atomic E-state index is 13.1. The van der Waals surface area contributed by atoms with Gasteiger partial charge in [-0.15, -0.1) is 0 Å². The van der Waals surface area contributed by atoms with Crippen molar-refractivity contribution < 1.29 is 19.4 Å². The Morgan fingerprint density at radius 1 is 1.39 bits per heavy atom. The lowest BCUT2D eigenvalue weighted by Crippen LogP contribution is -2.54. The number of hydrogen-bond donors (Lipinski definition) is 3. The predicted octanol–water partition coefficient (Wildman–Crippen LogP) is 3.66. The van der Waals surface area contributed by atoms with Crippen LogP contribution in [0, 0.1) is 5.92 Å². The average Bonchev–Trinajstić information content (AvgIpc) is 3.34. The van der Waals surface area contributed by atoms with Crippen molar-refractivity contribution in [3.8, 4) is 0 Å². The van der Waals surface area contributed by atoms with Gasteiger partial charge in [0.15, 0.2) is 0 Å². The first-order valence-corrected chi connectivity index (χ1v) is 12.7. The zero-order valence-electron chi connectivity index (χ0n) is 19.8. The van der Waals surface area contributed by atoms with Gasteiger partial charge in [-0.1, -0.05) is 23.7 Å². The van der Waals surface area contributed by atoms with E-state index in [1.165, 1.54) is 0 Å². The lowest BCUT2D eigenvalue weighted by atomic mass is 9.74. The summed E-state index contributed by atoms with van der Waals surface area (Å²) in [6, 6.07) is 7.26. The van der Waals surface area contributed by atoms with Crippen LogP contribution in [0.2, 0.25) is 5.02 Å². The minimum absolute atomic E-state index is 0.0764. The topological polar surface area (TPSA) is 97.1 Å². The lowest BCUT2D eigenvalue weighted by molar-refractivity contribution is -0.0564. The normalized spacial score (nSPS) is 23.8. The Labute approximate surface area is 202 Å². The third-order valence-electron chi connectivity index (χ3n) is 7.05. The summed E-state index contributed by atoms with van der Waals surface area (Å²) in [5, 5.41) is 15.7. The molecule has 2 aliphatic heterocycles. The molecule has 0 spiro atoms. The molecular formula is C25H40ClN3O4. The minimum atomic E-state index is -1.05. The largest absolute Gasteiger partial charge is 0.385 e. The van der Waals surface area contributed by atoms with E-state index in [2.05, 4.69) is 5.32 Å². The van der Waals surface area contributed by atoms with E-state index in [9.17, 15) is 9.90 Å². The van der Waals surface area contributed by atoms with Crippen molar-refractivity contribution >= 4 is 17.6 Å². The molecule has 3 rings (SSSR count). The highest BCUT2D eigenvalue weighted by Gasteiger charge is 2.41. The van der Waals surface area contributed by atoms with Crippen molar-refractivity contribution in [3.63, 3.8) is 0 Å². The number of unbranched alkanes of at least 4 members (excludes halogenated alkanes) is 1. The number of halogens is 1. The monoisotopic (exact) mass is 481 g/mol. The van der Waals surface area contributed by atoms with Gasteiger partial charge in [0.1, 0.15) is 0 Å². The van der Waals surface area contributed by atoms with Gasteiger partial charge in [-0.2, -0.15) is 0 Å². The number of nitrogens with zero attached hydrogens (tertiary/aromatic N) is 1. The number of nitrogens with one attached hydrogen (secondary N) is 1. The Kier molecular flexibility index (Phi) is 10.3. The zero-order chi connectivity index (χ0) is 23.7. The molecule has 186 valence electrons. The van der Waals surface area contributed by atoms with Crippen LogP contribution < -0.4 is 11.1 Å². The first-order chi connectivity index (χ1) is 16.0. The molecule has 0 radical (unpaired) electrons. The summed E-state index contributed by atoms with van der Waals surface area (Å²) in [6.45, 7) is 3.01. The van der Waals surface area contributed by atoms with Crippen LogP contribution in [-0.4, -0.2) is 68.1 Å². The first kappa shape index (κ1) is 26.2. The number of piperidine rings is 1. The first-order valence-electron chi connectivity index (χ1n) is 12.3. The van der Waals surface area contributed by atoms with Crippen LogP contribution in [0.1, 0.15) is 56.9 Å². The van der Waals surface area contributed by atoms with Gasteiger partial charge in [-0.05, 0) is 69.1 Å². The summed E-state index contributed by atoms with van der Waals surface area (Å²) in [6.07, 6.45) is 7.00. The summed E-state index contributed by atoms with van der Waals surface area (Å²) < 4.78 is 10.9. The zero-order valence-corrected chi connectivity index (χ0v) is 20.6. The molecule has 1 unspecified atom stereocenters. The van der Waals surface area contributed by atoms with Crippen molar-refractivity contribution in [1.82, 2.24) is 10.2 Å². The van der Waals surface area contributed by atoms with Gasteiger partial charge in [0.05, 0.1) is 11.7 Å². The Bertz CT molecular complexity index is 746. The summed E-state index contributed by atoms with van der Waals surface area (Å²) >= 11 is 6.27. The van der Waals surface area contributed by atoms with Gasteiger partial charge in [0.2, 0.25) is 0 Å². The number of benzene rings is 1. The quantitative estimate of drug-likeness (QED) is 0.419. The maximum Gasteiger partial charge on any atom is 0.317 e. The lowest BCUT2D eigenvalue weighted by Gasteiger charge is -2.43. The van der Waals surface area contributed by atoms with Crippen LogP contribution in [0.4, 0.5) is 4.79 Å². The van der Waals surface area contributed by atoms with Crippen molar-refractivity contribution in [1.29, 1.82) is 0 Å². The summed E-state index contributed by atoms with van der Waals surface area (Å²) in [4.78, 5) is 14.9. The number of aliphatic hydroxyl groups is 1. The number of hydrogen-bond acceptors (Lipinski definition) is 5. The van der Waals surface area contributed by atoms with E-state index in [0.717, 1.165) is 57.1 Å². The molecule has 33 heavy (non-hydrogen) atoms. The van der Waals surface area contributed by atoms with Crippen molar-refractivity contribution in [2.45, 2.75) is 69.1 Å². The van der Waals surface area contributed by atoms with E-state index in [0.29, 0.717) is 37.7 Å². The van der Waals surface area contributed by atoms with Crippen LogP contribution in [0.3, 0.4) is 0 Å². The van der Waals surface area contributed by atoms with Crippen LogP contribution in [0.15, 0.2) is 24.3 Å². The highest BCUT2D eigenvalue weighted by Crippen LogP contribution is 2.40. The Balaban J connectivity index is 1.67. The SMILES string of the molecule is COCCCC[C@@](O)(c1cccc(Cl)c1)[C@@H]1CCCN(C(=O)N[C@H](CN)CC2CCCO2)C1. The van der Waals surface area contributed by atoms with E-state index >= 15 is 0 Å². The van der Waals surface area contributed by atoms with Crippen LogP contribution in [-0.2, 0) is 15.1 Å². The molecular weight excluding hydrogens is 442 g/mol. The van der Waals surface area contributed by atoms with E-state index < -0.39 is 5.60 Å². The van der Waals surface area contributed by atoms with Gasteiger partial charge in [-0.3, -0.25) is 0 Å². The minimum Gasteiger partial charge on any atom is -0.385 e. The van der Waals surface area contributed by atoms with Gasteiger partial charge < -0.3 is 30.5 Å². The molecule has 1 aromatic rings. The molecule has 4 N–H and O–H groups in total. The number of likely N-dealkylation sites (tertiary alicyclic amines) is 1. The van der Waals surface area contributed by atoms with Crippen LogP contribution in [0.5, 0.6) is 0 Å². The number of nitrogens with two attached hydrogens (primary N) is 1. The molecule has 2 heterocycles. The maximum absolute atomic E-state index is 13.1. The van der Waals surface area contributed by atoms with Crippen molar-refractivity contribution in [2.24, 2.45) is 11.7 Å². The Morgan fingerprint density at radius 2 is 2.24 bits per heavy atom. The molecule has 2 fully saturated rings. The van der Waals surface area contributed by atoms with E-state index in [1.54, 1.807) is 7.11 Å². The fourth-order valence-corrected chi connectivity index (χ4v) is 5.35. The van der Waals surface area contributed by atoms with Gasteiger partial charge >= 0.3 is 6.03 Å². The molecule has 4 atom stereocenters. The smallest absolute Gasteiger partial charge is 0.317 e. The summed E-state index contributed by atoms with van der Waals surface area (Å²) in [7, 11) is 1.69. The molecule has 0 saturated carbocycles. The van der Waals surface area contributed by atoms with E-state index in [4.69, 9.17) is 26.8 Å². The standard InChI is InChI=1S/C25H40ClN3O4/c1-32-13-3-2-11-25(31,19-7-4-9-21(26)15-19)20-8-5-12-29(18-20)24(30)28-22(17-27)16-23-10-6-14-33-23/h4,7,9,15,20,22-23,31H,2-3,5-6,8,10-14,16-18,27H2,1H3,(H,28,30)/t20-,22+,23?,25-/m1/s1. The molecule has 8 heteroatoms. The van der Waals surface area contributed by atoms with Crippen LogP contribution in [0.25, 0.3) is 0 Å². The number of carbonyl (C=O) groups excluding carboxylic acids is 1. The molecule has 7 nitrogen and oxygen atoms in total. The molecule has 0 aliphatic carbocycles. The number of methoxy groups -OCH3 is 1. The molecule has 2 amide bonds. The molecule has 2 aliphatic rings. The number of urea groups is 1. The fourth-order valence-electron chi connectivity index (χ4n) is 5.16. The third-order valence-corrected chi connectivity index (χ3v) is 7.28. The second kappa shape index (κ2) is 12.9. The molecule has 2 saturated heterocycles. The van der Waals surface area contributed by atoms with Gasteiger partial charge in [0.25, 0.3) is 0 Å². The molecule has 0 bridgehead atoms. The Hall–Kier alpha value is -1.38. The Morgan fingerprint density at radius 3 is 2.94 bits per heavy atom. The van der Waals surface area contributed by atoms with E-state index in [1.807, 2.05) is 29.2 Å². The summed E-state index contributed by atoms with van der Waals surface area (Å²) in [5.41, 5.74) is 5.71. The summed E-state index contributed by atoms with van der Waals surface area (Å²) in [5.74, 6) is -0.0764. The van der Waals surface area contributed by atoms with E-state index in [-0.39, 0.29) is 24.1 Å². The average molecular weight is 482 g/mol. The highest BCUT2D eigenvalue weighted by molar-refractivity contribution is 6.30.